The highest BCUT2D eigenvalue weighted by molar-refractivity contribution is 5.79. The molecule has 1 aromatic carbocycles. The maximum absolute atomic E-state index is 12.3. The van der Waals surface area contributed by atoms with E-state index in [1.807, 2.05) is 30.3 Å². The number of hydrogen-bond donors (Lipinski definition) is 1. The number of aryl methyl sites for hydroxylation is 1. The molecule has 0 saturated heterocycles. The average molecular weight is 392 g/mol. The number of amides is 1. The first-order valence-corrected chi connectivity index (χ1v) is 10.0. The van der Waals surface area contributed by atoms with Gasteiger partial charge in [-0.05, 0) is 49.4 Å². The molecule has 2 heterocycles. The molecule has 0 bridgehead atoms. The Kier molecular flexibility index (Phi) is 5.84. The maximum atomic E-state index is 12.3. The molecular weight excluding hydrogens is 368 g/mol. The summed E-state index contributed by atoms with van der Waals surface area (Å²) < 4.78 is 7.61. The molecule has 1 aliphatic carbocycles. The van der Waals surface area contributed by atoms with Crippen LogP contribution in [0.5, 0.6) is 5.88 Å². The van der Waals surface area contributed by atoms with E-state index in [0.29, 0.717) is 24.4 Å². The zero-order valence-corrected chi connectivity index (χ0v) is 16.2. The van der Waals surface area contributed by atoms with Crippen molar-refractivity contribution >= 4 is 16.8 Å². The Labute approximate surface area is 168 Å². The van der Waals surface area contributed by atoms with Gasteiger partial charge < -0.3 is 10.1 Å². The Balaban J connectivity index is 1.32. The Morgan fingerprint density at radius 3 is 2.90 bits per heavy atom. The molecule has 29 heavy (non-hydrogen) atoms. The van der Waals surface area contributed by atoms with Crippen LogP contribution in [-0.4, -0.2) is 26.8 Å². The van der Waals surface area contributed by atoms with Gasteiger partial charge in [0.25, 0.3) is 0 Å². The molecule has 4 rings (SSSR count). The summed E-state index contributed by atoms with van der Waals surface area (Å²) in [7, 11) is 0. The third-order valence-electron chi connectivity index (χ3n) is 5.19. The average Bonchev–Trinajstić information content (AvgIpc) is 3.25. The van der Waals surface area contributed by atoms with Crippen molar-refractivity contribution in [3.05, 3.63) is 64.6 Å². The lowest BCUT2D eigenvalue weighted by molar-refractivity contribution is -0.121. The van der Waals surface area contributed by atoms with E-state index in [9.17, 15) is 9.59 Å². The summed E-state index contributed by atoms with van der Waals surface area (Å²) in [6.07, 6.45) is 8.11. The van der Waals surface area contributed by atoms with E-state index >= 15 is 0 Å². The van der Waals surface area contributed by atoms with Gasteiger partial charge in [0.05, 0.1) is 18.3 Å². The summed E-state index contributed by atoms with van der Waals surface area (Å²) in [6, 6.07) is 11.0. The van der Waals surface area contributed by atoms with Gasteiger partial charge in [0.15, 0.2) is 0 Å². The number of rotatable bonds is 7. The summed E-state index contributed by atoms with van der Waals surface area (Å²) in [4.78, 5) is 28.5. The summed E-state index contributed by atoms with van der Waals surface area (Å²) in [5.74, 6) is 0.539. The van der Waals surface area contributed by atoms with Crippen LogP contribution in [0.1, 0.15) is 37.7 Å². The van der Waals surface area contributed by atoms with E-state index in [2.05, 4.69) is 15.4 Å². The van der Waals surface area contributed by atoms with Gasteiger partial charge in [-0.3, -0.25) is 14.3 Å². The fraction of sp³-hybridized carbons (Fsp3) is 0.364. The number of ether oxygens (including phenoxy) is 1. The molecule has 1 N–H and O–H groups in total. The molecule has 1 saturated carbocycles. The van der Waals surface area contributed by atoms with E-state index < -0.39 is 0 Å². The Hall–Kier alpha value is -3.22. The van der Waals surface area contributed by atoms with Gasteiger partial charge in [-0.2, -0.15) is 5.10 Å². The van der Waals surface area contributed by atoms with E-state index in [0.717, 1.165) is 23.9 Å². The highest BCUT2D eigenvalue weighted by Crippen LogP contribution is 2.23. The van der Waals surface area contributed by atoms with Gasteiger partial charge in [0, 0.05) is 30.6 Å². The number of hydrogen-bond acceptors (Lipinski definition) is 5. The van der Waals surface area contributed by atoms with Crippen molar-refractivity contribution in [2.45, 2.75) is 51.3 Å². The summed E-state index contributed by atoms with van der Waals surface area (Å²) in [6.45, 7) is 0.819. The lowest BCUT2D eigenvalue weighted by atomic mass is 10.2. The standard InChI is InChI=1S/C22H24N4O3/c27-20-15-25-26(19-8-4-3-7-18(19)20)12-10-21(28)24-14-16-9-11-23-22(13-16)29-17-5-1-2-6-17/h3-4,7-9,11,13,15,17H,1-2,5-6,10,12,14H2,(H,24,28). The highest BCUT2D eigenvalue weighted by atomic mass is 16.5. The zero-order valence-electron chi connectivity index (χ0n) is 16.2. The van der Waals surface area contributed by atoms with Gasteiger partial charge in [-0.15, -0.1) is 0 Å². The molecule has 2 aromatic heterocycles. The summed E-state index contributed by atoms with van der Waals surface area (Å²) >= 11 is 0. The lowest BCUT2D eigenvalue weighted by Gasteiger charge is -2.13. The van der Waals surface area contributed by atoms with E-state index in [1.54, 1.807) is 16.9 Å². The number of aromatic nitrogens is 3. The quantitative estimate of drug-likeness (QED) is 0.668. The normalized spacial score (nSPS) is 14.2. The first-order chi connectivity index (χ1) is 14.2. The second kappa shape index (κ2) is 8.86. The minimum atomic E-state index is -0.116. The van der Waals surface area contributed by atoms with Gasteiger partial charge in [-0.1, -0.05) is 12.1 Å². The van der Waals surface area contributed by atoms with Crippen LogP contribution >= 0.6 is 0 Å². The molecule has 1 fully saturated rings. The number of nitrogens with zero attached hydrogens (tertiary/aromatic N) is 3. The lowest BCUT2D eigenvalue weighted by Crippen LogP contribution is -2.25. The Morgan fingerprint density at radius 1 is 1.21 bits per heavy atom. The number of pyridine rings is 1. The van der Waals surface area contributed by atoms with Crippen molar-refractivity contribution in [2.24, 2.45) is 0 Å². The van der Waals surface area contributed by atoms with E-state index in [1.165, 1.54) is 19.0 Å². The number of para-hydroxylation sites is 1. The maximum Gasteiger partial charge on any atom is 0.222 e. The molecule has 0 spiro atoms. The number of benzene rings is 1. The minimum absolute atomic E-state index is 0.0790. The van der Waals surface area contributed by atoms with Gasteiger partial charge in [0.2, 0.25) is 17.2 Å². The van der Waals surface area contributed by atoms with Crippen molar-refractivity contribution in [2.75, 3.05) is 0 Å². The predicted molar refractivity (Wildman–Crippen MR) is 110 cm³/mol. The van der Waals surface area contributed by atoms with Crippen molar-refractivity contribution in [1.82, 2.24) is 20.1 Å². The van der Waals surface area contributed by atoms with Crippen LogP contribution < -0.4 is 15.5 Å². The largest absolute Gasteiger partial charge is 0.474 e. The van der Waals surface area contributed by atoms with Crippen molar-refractivity contribution in [3.63, 3.8) is 0 Å². The molecule has 7 nitrogen and oxygen atoms in total. The molecule has 1 amide bonds. The molecule has 1 aliphatic rings. The van der Waals surface area contributed by atoms with Crippen molar-refractivity contribution < 1.29 is 9.53 Å². The molecule has 0 atom stereocenters. The minimum Gasteiger partial charge on any atom is -0.474 e. The second-order valence-electron chi connectivity index (χ2n) is 7.30. The smallest absolute Gasteiger partial charge is 0.222 e. The van der Waals surface area contributed by atoms with Crippen LogP contribution in [0.25, 0.3) is 10.9 Å². The number of nitrogens with one attached hydrogen (secondary N) is 1. The fourth-order valence-electron chi connectivity index (χ4n) is 3.64. The summed E-state index contributed by atoms with van der Waals surface area (Å²) in [5.41, 5.74) is 1.57. The molecule has 3 aromatic rings. The first kappa shape index (κ1) is 19.1. The third-order valence-corrected chi connectivity index (χ3v) is 5.19. The molecule has 0 radical (unpaired) electrons. The van der Waals surface area contributed by atoms with Crippen molar-refractivity contribution in [3.8, 4) is 5.88 Å². The van der Waals surface area contributed by atoms with Crippen LogP contribution in [0.15, 0.2) is 53.6 Å². The molecule has 0 unspecified atom stereocenters. The van der Waals surface area contributed by atoms with E-state index in [-0.39, 0.29) is 23.9 Å². The Morgan fingerprint density at radius 2 is 2.03 bits per heavy atom. The SMILES string of the molecule is O=C(CCn1ncc(=O)c2ccccc21)NCc1ccnc(OC2CCCC2)c1. The zero-order chi connectivity index (χ0) is 20.1. The number of fused-ring (bicyclic) bond motifs is 1. The van der Waals surface area contributed by atoms with Crippen LogP contribution in [0.4, 0.5) is 0 Å². The third kappa shape index (κ3) is 4.80. The van der Waals surface area contributed by atoms with Gasteiger partial charge in [0.1, 0.15) is 6.10 Å². The Bertz CT molecular complexity index is 1060. The number of carbonyl (C=O) groups excluding carboxylic acids is 1. The summed E-state index contributed by atoms with van der Waals surface area (Å²) in [5, 5.41) is 7.69. The highest BCUT2D eigenvalue weighted by Gasteiger charge is 2.17. The molecular formula is C22H24N4O3. The van der Waals surface area contributed by atoms with Crippen LogP contribution in [-0.2, 0) is 17.9 Å². The van der Waals surface area contributed by atoms with Gasteiger partial charge >= 0.3 is 0 Å². The fourth-order valence-corrected chi connectivity index (χ4v) is 3.64. The molecule has 0 aliphatic heterocycles. The first-order valence-electron chi connectivity index (χ1n) is 10.0. The predicted octanol–water partition coefficient (Wildman–Crippen LogP) is 2.82. The van der Waals surface area contributed by atoms with Crippen LogP contribution in [0, 0.1) is 0 Å². The van der Waals surface area contributed by atoms with Crippen LogP contribution in [0.2, 0.25) is 0 Å². The second-order valence-corrected chi connectivity index (χ2v) is 7.30. The van der Waals surface area contributed by atoms with E-state index in [4.69, 9.17) is 4.74 Å². The topological polar surface area (TPSA) is 86.1 Å². The van der Waals surface area contributed by atoms with Crippen molar-refractivity contribution in [1.29, 1.82) is 0 Å². The number of carbonyl (C=O) groups is 1. The van der Waals surface area contributed by atoms with Crippen LogP contribution in [0.3, 0.4) is 0 Å². The van der Waals surface area contributed by atoms with Gasteiger partial charge in [-0.25, -0.2) is 4.98 Å². The molecule has 150 valence electrons. The monoisotopic (exact) mass is 392 g/mol. The molecule has 7 heteroatoms.